The van der Waals surface area contributed by atoms with E-state index in [1.165, 1.54) is 6.07 Å². The van der Waals surface area contributed by atoms with Crippen LogP contribution in [0.25, 0.3) is 0 Å². The first-order valence-electron chi connectivity index (χ1n) is 4.27. The summed E-state index contributed by atoms with van der Waals surface area (Å²) in [5.41, 5.74) is -0.185. The number of halogens is 5. The fourth-order valence-electron chi connectivity index (χ4n) is 1.28. The normalized spacial score (nSPS) is 17.0. The van der Waals surface area contributed by atoms with Crippen LogP contribution in [0.15, 0.2) is 23.1 Å². The molecule has 0 amide bonds. The summed E-state index contributed by atoms with van der Waals surface area (Å²) in [5.74, 6) is 0. The summed E-state index contributed by atoms with van der Waals surface area (Å²) < 4.78 is 62.6. The maximum atomic E-state index is 12.5. The van der Waals surface area contributed by atoms with Gasteiger partial charge in [0, 0.05) is 0 Å². The van der Waals surface area contributed by atoms with Gasteiger partial charge in [-0.1, -0.05) is 38.5 Å². The molecule has 0 aromatic heterocycles. The van der Waals surface area contributed by atoms with Crippen molar-refractivity contribution in [3.8, 4) is 0 Å². The zero-order chi connectivity index (χ0) is 12.0. The lowest BCUT2D eigenvalue weighted by molar-refractivity contribution is 0.363. The molecular weight excluding hydrogens is 235 g/mol. The molecule has 0 heterocycles. The fourth-order valence-corrected chi connectivity index (χ4v) is 2.33. The zero-order valence-electron chi connectivity index (χ0n) is 8.24. The summed E-state index contributed by atoms with van der Waals surface area (Å²) in [6.07, 6.45) is 0.293. The number of hydrogen-bond acceptors (Lipinski definition) is 0. The molecule has 0 atom stereocenters. The Balaban J connectivity index is 3.52. The molecule has 6 heteroatoms. The molecule has 0 saturated carbocycles. The molecule has 15 heavy (non-hydrogen) atoms. The van der Waals surface area contributed by atoms with Gasteiger partial charge in [0.1, 0.15) is 4.90 Å². The minimum absolute atomic E-state index is 0.254. The Morgan fingerprint density at radius 2 is 1.60 bits per heavy atom. The van der Waals surface area contributed by atoms with Gasteiger partial charge in [0.05, 0.1) is 0 Å². The third kappa shape index (κ3) is 2.84. The van der Waals surface area contributed by atoms with E-state index in [4.69, 9.17) is 0 Å². The lowest BCUT2D eigenvalue weighted by Gasteiger charge is -2.41. The predicted octanol–water partition coefficient (Wildman–Crippen LogP) is 5.21. The molecule has 0 fully saturated rings. The van der Waals surface area contributed by atoms with Crippen molar-refractivity contribution >= 4 is 10.2 Å². The van der Waals surface area contributed by atoms with Crippen LogP contribution in [0.1, 0.15) is 18.1 Å². The first-order valence-corrected chi connectivity index (χ1v) is 6.23. The largest absolute Gasteiger partial charge is 0.310 e. The van der Waals surface area contributed by atoms with E-state index in [2.05, 4.69) is 0 Å². The topological polar surface area (TPSA) is 0 Å². The van der Waals surface area contributed by atoms with Crippen LogP contribution >= 0.6 is 10.2 Å². The fraction of sp³-hybridized carbons (Fsp3) is 0.333. The molecule has 1 rings (SSSR count). The van der Waals surface area contributed by atoms with E-state index >= 15 is 0 Å². The molecule has 0 spiro atoms. The molecule has 0 unspecified atom stereocenters. The van der Waals surface area contributed by atoms with Crippen LogP contribution in [0.3, 0.4) is 0 Å². The van der Waals surface area contributed by atoms with Crippen LogP contribution < -0.4 is 0 Å². The Labute approximate surface area is 84.8 Å². The summed E-state index contributed by atoms with van der Waals surface area (Å²) in [4.78, 5) is -1.77. The first kappa shape index (κ1) is 12.3. The van der Waals surface area contributed by atoms with Crippen LogP contribution in [0.4, 0.5) is 19.4 Å². The van der Waals surface area contributed by atoms with E-state index in [9.17, 15) is 19.4 Å². The number of rotatable bonds is 2. The highest BCUT2D eigenvalue weighted by molar-refractivity contribution is 8.45. The van der Waals surface area contributed by atoms with Gasteiger partial charge in [0.15, 0.2) is 0 Å². The van der Waals surface area contributed by atoms with Crippen molar-refractivity contribution in [1.82, 2.24) is 0 Å². The number of hydrogen-bond donors (Lipinski definition) is 0. The predicted molar refractivity (Wildman–Crippen MR) is 52.0 cm³/mol. The monoisotopic (exact) mass is 246 g/mol. The van der Waals surface area contributed by atoms with Gasteiger partial charge in [-0.3, -0.25) is 0 Å². The maximum absolute atomic E-state index is 12.5. The second-order valence-corrected chi connectivity index (χ2v) is 5.80. The van der Waals surface area contributed by atoms with Crippen molar-refractivity contribution in [3.63, 3.8) is 0 Å². The Morgan fingerprint density at radius 3 is 2.00 bits per heavy atom. The molecule has 0 bridgehead atoms. The van der Waals surface area contributed by atoms with Crippen LogP contribution in [0, 0.1) is 6.92 Å². The average Bonchev–Trinajstić information content (AvgIpc) is 2.00. The minimum atomic E-state index is -9.53. The summed E-state index contributed by atoms with van der Waals surface area (Å²) in [6.45, 7) is 2.65. The highest BCUT2D eigenvalue weighted by Crippen LogP contribution is 3.02. The van der Waals surface area contributed by atoms with Crippen LogP contribution in [-0.4, -0.2) is 0 Å². The van der Waals surface area contributed by atoms with Crippen molar-refractivity contribution in [2.45, 2.75) is 25.2 Å². The quantitative estimate of drug-likeness (QED) is 0.628. The van der Waals surface area contributed by atoms with E-state index in [0.29, 0.717) is 12.5 Å². The lowest BCUT2D eigenvalue weighted by Crippen LogP contribution is -2.08. The molecule has 0 N–H and O–H groups in total. The summed E-state index contributed by atoms with van der Waals surface area (Å²) in [5, 5.41) is 0. The van der Waals surface area contributed by atoms with Gasteiger partial charge in [0.2, 0.25) is 0 Å². The summed E-state index contributed by atoms with van der Waals surface area (Å²) in [6, 6.07) is 3.03. The Kier molecular flexibility index (Phi) is 2.18. The second-order valence-electron chi connectivity index (χ2n) is 3.42. The lowest BCUT2D eigenvalue weighted by atomic mass is 10.1. The molecule has 0 saturated heterocycles. The smallest absolute Gasteiger partial charge is 0.0936 e. The van der Waals surface area contributed by atoms with Gasteiger partial charge in [0.25, 0.3) is 0 Å². The van der Waals surface area contributed by atoms with Crippen molar-refractivity contribution in [2.75, 3.05) is 0 Å². The minimum Gasteiger partial charge on any atom is -0.0936 e. The molecule has 0 aliphatic rings. The molecule has 0 radical (unpaired) electrons. The summed E-state index contributed by atoms with van der Waals surface area (Å²) >= 11 is 0. The van der Waals surface area contributed by atoms with Crippen LogP contribution in [-0.2, 0) is 6.42 Å². The maximum Gasteiger partial charge on any atom is 0.310 e. The van der Waals surface area contributed by atoms with E-state index in [0.717, 1.165) is 13.0 Å². The summed E-state index contributed by atoms with van der Waals surface area (Å²) in [7, 11) is -9.53. The highest BCUT2D eigenvalue weighted by atomic mass is 32.5. The SMILES string of the molecule is CCc1ccc(C)c(S(F)(F)(F)(F)F)c1. The molecule has 0 aliphatic heterocycles. The third-order valence-corrected chi connectivity index (χ3v) is 3.35. The second kappa shape index (κ2) is 2.66. The van der Waals surface area contributed by atoms with Gasteiger partial charge in [-0.05, 0) is 30.5 Å². The van der Waals surface area contributed by atoms with E-state index < -0.39 is 20.7 Å². The Bertz CT molecular complexity index is 392. The van der Waals surface area contributed by atoms with Gasteiger partial charge in [-0.15, -0.1) is 0 Å². The van der Waals surface area contributed by atoms with E-state index in [-0.39, 0.29) is 5.56 Å². The van der Waals surface area contributed by atoms with Crippen molar-refractivity contribution in [1.29, 1.82) is 0 Å². The van der Waals surface area contributed by atoms with Crippen molar-refractivity contribution in [2.24, 2.45) is 0 Å². The van der Waals surface area contributed by atoms with Gasteiger partial charge < -0.3 is 0 Å². The van der Waals surface area contributed by atoms with E-state index in [1.54, 1.807) is 6.92 Å². The van der Waals surface area contributed by atoms with Gasteiger partial charge >= 0.3 is 10.2 Å². The molecule has 1 aromatic carbocycles. The Morgan fingerprint density at radius 1 is 1.07 bits per heavy atom. The number of benzene rings is 1. The third-order valence-electron chi connectivity index (χ3n) is 2.08. The molecule has 0 aliphatic carbocycles. The zero-order valence-corrected chi connectivity index (χ0v) is 9.05. The van der Waals surface area contributed by atoms with Crippen LogP contribution in [0.2, 0.25) is 0 Å². The molecular formula is C9H11F5S. The van der Waals surface area contributed by atoms with Gasteiger partial charge in [-0.2, -0.15) is 0 Å². The highest BCUT2D eigenvalue weighted by Gasteiger charge is 2.66. The number of aryl methyl sites for hydroxylation is 2. The molecule has 0 nitrogen and oxygen atoms in total. The standard InChI is InChI=1S/C9H11F5S/c1-3-8-5-4-7(2)9(6-8)15(10,11,12,13)14/h4-6H,3H2,1-2H3. The molecule has 1 aromatic rings. The van der Waals surface area contributed by atoms with Crippen molar-refractivity contribution < 1.29 is 19.4 Å². The van der Waals surface area contributed by atoms with Crippen LogP contribution in [0.5, 0.6) is 0 Å². The first-order chi connectivity index (χ1) is 6.44. The Hall–Kier alpha value is -0.780. The van der Waals surface area contributed by atoms with E-state index in [1.807, 2.05) is 0 Å². The van der Waals surface area contributed by atoms with Crippen molar-refractivity contribution in [3.05, 3.63) is 29.3 Å². The average molecular weight is 246 g/mol. The van der Waals surface area contributed by atoms with Gasteiger partial charge in [-0.25, -0.2) is 0 Å². The molecule has 88 valence electrons.